The molecule has 0 radical (unpaired) electrons. The van der Waals surface area contributed by atoms with Crippen LogP contribution in [0, 0.1) is 18.3 Å². The van der Waals surface area contributed by atoms with E-state index in [1.807, 2.05) is 24.3 Å². The molecule has 2 nitrogen and oxygen atoms in total. The number of rotatable bonds is 4. The average molecular weight is 284 g/mol. The quantitative estimate of drug-likeness (QED) is 0.780. The van der Waals surface area contributed by atoms with Crippen molar-refractivity contribution in [1.82, 2.24) is 0 Å². The summed E-state index contributed by atoms with van der Waals surface area (Å²) < 4.78 is 12.6. The van der Waals surface area contributed by atoms with Crippen LogP contribution >= 0.6 is 0 Å². The SMILES string of the molecule is C#Cc1ccc(COC2CC3(C(C)C)CCC2(C)O3)cc1. The van der Waals surface area contributed by atoms with Crippen molar-refractivity contribution in [2.24, 2.45) is 5.92 Å². The zero-order chi connectivity index (χ0) is 15.1. The van der Waals surface area contributed by atoms with E-state index in [1.54, 1.807) is 0 Å². The lowest BCUT2D eigenvalue weighted by Crippen LogP contribution is -2.38. The second-order valence-corrected chi connectivity index (χ2v) is 6.98. The van der Waals surface area contributed by atoms with Crippen LogP contribution in [0.15, 0.2) is 24.3 Å². The highest BCUT2D eigenvalue weighted by molar-refractivity contribution is 5.34. The Morgan fingerprint density at radius 2 is 2.05 bits per heavy atom. The molecule has 2 saturated heterocycles. The second-order valence-electron chi connectivity index (χ2n) is 6.98. The predicted molar refractivity (Wildman–Crippen MR) is 83.9 cm³/mol. The Balaban J connectivity index is 1.65. The monoisotopic (exact) mass is 284 g/mol. The van der Waals surface area contributed by atoms with Crippen molar-refractivity contribution in [3.63, 3.8) is 0 Å². The van der Waals surface area contributed by atoms with E-state index in [4.69, 9.17) is 15.9 Å². The van der Waals surface area contributed by atoms with Crippen molar-refractivity contribution < 1.29 is 9.47 Å². The van der Waals surface area contributed by atoms with Crippen LogP contribution < -0.4 is 0 Å². The first-order chi connectivity index (χ1) is 9.97. The Labute approximate surface area is 127 Å². The summed E-state index contributed by atoms with van der Waals surface area (Å²) >= 11 is 0. The molecule has 0 N–H and O–H groups in total. The van der Waals surface area contributed by atoms with Gasteiger partial charge in [-0.3, -0.25) is 0 Å². The van der Waals surface area contributed by atoms with E-state index in [1.165, 1.54) is 5.56 Å². The molecule has 2 aliphatic heterocycles. The summed E-state index contributed by atoms with van der Waals surface area (Å²) in [7, 11) is 0. The Morgan fingerprint density at radius 3 is 2.62 bits per heavy atom. The maximum atomic E-state index is 6.39. The fraction of sp³-hybridized carbons (Fsp3) is 0.579. The second kappa shape index (κ2) is 5.16. The van der Waals surface area contributed by atoms with Gasteiger partial charge in [0.15, 0.2) is 0 Å². The topological polar surface area (TPSA) is 18.5 Å². The number of terminal acetylenes is 1. The number of hydrogen-bond donors (Lipinski definition) is 0. The van der Waals surface area contributed by atoms with E-state index in [9.17, 15) is 0 Å². The largest absolute Gasteiger partial charge is 0.370 e. The number of fused-ring (bicyclic) bond motifs is 2. The van der Waals surface area contributed by atoms with E-state index in [-0.39, 0.29) is 17.3 Å². The molecule has 3 unspecified atom stereocenters. The molecule has 0 aromatic heterocycles. The standard InChI is InChI=1S/C19H24O2/c1-5-15-6-8-16(9-7-15)13-20-17-12-19(14(2)3)11-10-18(17,4)21-19/h1,6-9,14,17H,10-13H2,2-4H3. The van der Waals surface area contributed by atoms with Gasteiger partial charge in [0.2, 0.25) is 0 Å². The van der Waals surface area contributed by atoms with Gasteiger partial charge in [0.25, 0.3) is 0 Å². The Kier molecular flexibility index (Phi) is 3.59. The van der Waals surface area contributed by atoms with Crippen LogP contribution in [0.4, 0.5) is 0 Å². The maximum Gasteiger partial charge on any atom is 0.0924 e. The lowest BCUT2D eigenvalue weighted by molar-refractivity contribution is -0.0959. The summed E-state index contributed by atoms with van der Waals surface area (Å²) in [5, 5.41) is 0. The molecule has 2 heterocycles. The van der Waals surface area contributed by atoms with Crippen LogP contribution in [0.3, 0.4) is 0 Å². The fourth-order valence-electron chi connectivity index (χ4n) is 3.70. The zero-order valence-electron chi connectivity index (χ0n) is 13.2. The summed E-state index contributed by atoms with van der Waals surface area (Å²) in [6, 6.07) is 8.02. The first kappa shape index (κ1) is 14.6. The van der Waals surface area contributed by atoms with Crippen LogP contribution in [0.1, 0.15) is 51.2 Å². The third-order valence-electron chi connectivity index (χ3n) is 5.32. The van der Waals surface area contributed by atoms with Gasteiger partial charge < -0.3 is 9.47 Å². The lowest BCUT2D eigenvalue weighted by Gasteiger charge is -2.31. The van der Waals surface area contributed by atoms with Crippen LogP contribution in [-0.2, 0) is 16.1 Å². The van der Waals surface area contributed by atoms with Gasteiger partial charge in [-0.25, -0.2) is 0 Å². The highest BCUT2D eigenvalue weighted by Crippen LogP contribution is 2.55. The summed E-state index contributed by atoms with van der Waals surface area (Å²) in [5.74, 6) is 3.18. The molecule has 3 atom stereocenters. The van der Waals surface area contributed by atoms with Crippen LogP contribution in [0.2, 0.25) is 0 Å². The molecule has 112 valence electrons. The summed E-state index contributed by atoms with van der Waals surface area (Å²) in [4.78, 5) is 0. The molecule has 21 heavy (non-hydrogen) atoms. The van der Waals surface area contributed by atoms with Crippen molar-refractivity contribution in [3.05, 3.63) is 35.4 Å². The molecule has 1 aromatic carbocycles. The molecule has 0 aliphatic carbocycles. The molecule has 1 aromatic rings. The normalized spacial score (nSPS) is 34.3. The van der Waals surface area contributed by atoms with Crippen LogP contribution in [0.25, 0.3) is 0 Å². The molecule has 2 heteroatoms. The number of benzene rings is 1. The van der Waals surface area contributed by atoms with E-state index in [0.29, 0.717) is 12.5 Å². The van der Waals surface area contributed by atoms with E-state index in [2.05, 4.69) is 26.7 Å². The van der Waals surface area contributed by atoms with Crippen LogP contribution in [-0.4, -0.2) is 17.3 Å². The van der Waals surface area contributed by atoms with Crippen LogP contribution in [0.5, 0.6) is 0 Å². The van der Waals surface area contributed by atoms with Crippen molar-refractivity contribution >= 4 is 0 Å². The molecule has 3 rings (SSSR count). The summed E-state index contributed by atoms with van der Waals surface area (Å²) in [6.45, 7) is 7.35. The highest BCUT2D eigenvalue weighted by atomic mass is 16.6. The molecule has 2 fully saturated rings. The van der Waals surface area contributed by atoms with Gasteiger partial charge in [0.1, 0.15) is 0 Å². The highest BCUT2D eigenvalue weighted by Gasteiger charge is 2.60. The van der Waals surface area contributed by atoms with Gasteiger partial charge in [0, 0.05) is 12.0 Å². The zero-order valence-corrected chi connectivity index (χ0v) is 13.2. The molecular formula is C19H24O2. The Hall–Kier alpha value is -1.30. The molecule has 0 saturated carbocycles. The van der Waals surface area contributed by atoms with Gasteiger partial charge in [0.05, 0.1) is 23.9 Å². The van der Waals surface area contributed by atoms with E-state index < -0.39 is 0 Å². The first-order valence-corrected chi connectivity index (χ1v) is 7.85. The Bertz CT molecular complexity index is 554. The van der Waals surface area contributed by atoms with Crippen molar-refractivity contribution in [1.29, 1.82) is 0 Å². The first-order valence-electron chi connectivity index (χ1n) is 7.85. The molecular weight excluding hydrogens is 260 g/mol. The van der Waals surface area contributed by atoms with Gasteiger partial charge in [-0.15, -0.1) is 6.42 Å². The molecule has 2 bridgehead atoms. The lowest BCUT2D eigenvalue weighted by atomic mass is 9.75. The van der Waals surface area contributed by atoms with Gasteiger partial charge in [-0.2, -0.15) is 0 Å². The summed E-state index contributed by atoms with van der Waals surface area (Å²) in [5.41, 5.74) is 2.00. The summed E-state index contributed by atoms with van der Waals surface area (Å²) in [6.07, 6.45) is 8.86. The fourth-order valence-corrected chi connectivity index (χ4v) is 3.70. The van der Waals surface area contributed by atoms with E-state index >= 15 is 0 Å². The minimum Gasteiger partial charge on any atom is -0.370 e. The molecule has 0 spiro atoms. The van der Waals surface area contributed by atoms with E-state index in [0.717, 1.165) is 24.8 Å². The predicted octanol–water partition coefficient (Wildman–Crippen LogP) is 3.92. The number of hydrogen-bond acceptors (Lipinski definition) is 2. The van der Waals surface area contributed by atoms with Crippen molar-refractivity contribution in [2.75, 3.05) is 0 Å². The molecule has 2 aliphatic rings. The minimum absolute atomic E-state index is 0.0345. The third kappa shape index (κ3) is 2.50. The maximum absolute atomic E-state index is 6.39. The Morgan fingerprint density at radius 1 is 1.33 bits per heavy atom. The van der Waals surface area contributed by atoms with Gasteiger partial charge in [-0.1, -0.05) is 31.9 Å². The van der Waals surface area contributed by atoms with Gasteiger partial charge in [-0.05, 0) is 43.4 Å². The number of ether oxygens (including phenoxy) is 2. The average Bonchev–Trinajstić information content (AvgIpc) is 2.98. The van der Waals surface area contributed by atoms with Gasteiger partial charge >= 0.3 is 0 Å². The minimum atomic E-state index is -0.108. The molecule has 0 amide bonds. The van der Waals surface area contributed by atoms with Crippen molar-refractivity contribution in [3.8, 4) is 12.3 Å². The smallest absolute Gasteiger partial charge is 0.0924 e. The van der Waals surface area contributed by atoms with Crippen molar-refractivity contribution in [2.45, 2.75) is 63.9 Å². The third-order valence-corrected chi connectivity index (χ3v) is 5.32.